The van der Waals surface area contributed by atoms with Gasteiger partial charge in [-0.15, -0.1) is 5.10 Å². The Labute approximate surface area is 356 Å². The maximum atomic E-state index is 5.18. The Kier molecular flexibility index (Phi) is 7.50. The number of aromatic nitrogens is 6. The molecule has 0 spiro atoms. The Hall–Kier alpha value is -8.48. The molecule has 0 atom stereocenters. The number of rotatable bonds is 6. The summed E-state index contributed by atoms with van der Waals surface area (Å²) in [6.07, 6.45) is 0. The summed E-state index contributed by atoms with van der Waals surface area (Å²) in [5, 5.41) is 12.4. The third-order valence-electron chi connectivity index (χ3n) is 12.4. The van der Waals surface area contributed by atoms with Gasteiger partial charge in [0.15, 0.2) is 11.6 Å². The van der Waals surface area contributed by atoms with Crippen molar-refractivity contribution in [1.82, 2.24) is 28.5 Å². The normalized spacial score (nSPS) is 11.9. The van der Waals surface area contributed by atoms with Crippen molar-refractivity contribution in [1.29, 1.82) is 0 Å². The minimum absolute atomic E-state index is 0.683. The van der Waals surface area contributed by atoms with E-state index in [1.807, 2.05) is 28.9 Å². The highest BCUT2D eigenvalue weighted by Crippen LogP contribution is 2.44. The lowest BCUT2D eigenvalue weighted by Gasteiger charge is -2.17. The van der Waals surface area contributed by atoms with Crippen LogP contribution in [0.1, 0.15) is 0 Å². The van der Waals surface area contributed by atoms with Gasteiger partial charge < -0.3 is 13.7 Å². The van der Waals surface area contributed by atoms with E-state index in [4.69, 9.17) is 10.1 Å². The Morgan fingerprint density at radius 1 is 0.323 bits per heavy atom. The number of nitrogens with zero attached hydrogens (tertiary/aromatic N) is 6. The average Bonchev–Trinajstić information content (AvgIpc) is 4.11. The summed E-state index contributed by atoms with van der Waals surface area (Å²) in [4.78, 5) is 5.14. The first-order valence-electron chi connectivity index (χ1n) is 21.0. The molecule has 0 aliphatic heterocycles. The summed E-state index contributed by atoms with van der Waals surface area (Å²) in [5.74, 6) is 1.47. The summed E-state index contributed by atoms with van der Waals surface area (Å²) < 4.78 is 9.34. The van der Waals surface area contributed by atoms with Gasteiger partial charge in [0.05, 0.1) is 50.2 Å². The highest BCUT2D eigenvalue weighted by Gasteiger charge is 2.24. The Balaban J connectivity index is 1.09. The van der Waals surface area contributed by atoms with E-state index in [0.717, 1.165) is 61.8 Å². The predicted octanol–water partition coefficient (Wildman–Crippen LogP) is 13.9. The maximum Gasteiger partial charge on any atom is 0.182 e. The highest BCUT2D eigenvalue weighted by molar-refractivity contribution is 6.26. The topological polar surface area (TPSA) is 45.5 Å². The molecule has 0 saturated carbocycles. The third kappa shape index (κ3) is 5.04. The van der Waals surface area contributed by atoms with Crippen LogP contribution >= 0.6 is 0 Å². The molecule has 62 heavy (non-hydrogen) atoms. The van der Waals surface area contributed by atoms with Crippen molar-refractivity contribution >= 4 is 65.4 Å². The highest BCUT2D eigenvalue weighted by atomic mass is 15.4. The second-order valence-electron chi connectivity index (χ2n) is 15.8. The minimum Gasteiger partial charge on any atom is -0.309 e. The number of hydrogen-bond acceptors (Lipinski definition) is 2. The maximum absolute atomic E-state index is 5.18. The van der Waals surface area contributed by atoms with Crippen LogP contribution in [0.15, 0.2) is 218 Å². The number of para-hydroxylation sites is 6. The molecule has 13 aromatic rings. The smallest absolute Gasteiger partial charge is 0.182 e. The molecular weight excluding hydrogens is 757 g/mol. The molecule has 0 unspecified atom stereocenters. The van der Waals surface area contributed by atoms with Crippen molar-refractivity contribution in [3.63, 3.8) is 0 Å². The molecule has 0 saturated heterocycles. The van der Waals surface area contributed by atoms with E-state index in [1.165, 1.54) is 43.4 Å². The molecule has 4 aromatic heterocycles. The van der Waals surface area contributed by atoms with E-state index in [0.29, 0.717) is 5.82 Å². The third-order valence-corrected chi connectivity index (χ3v) is 12.4. The number of hydrogen-bond donors (Lipinski definition) is 0. The van der Waals surface area contributed by atoms with E-state index in [-0.39, 0.29) is 0 Å². The summed E-state index contributed by atoms with van der Waals surface area (Å²) in [5.41, 5.74) is 13.1. The van der Waals surface area contributed by atoms with Crippen molar-refractivity contribution in [2.24, 2.45) is 0 Å². The monoisotopic (exact) mass is 792 g/mol. The lowest BCUT2D eigenvalue weighted by atomic mass is 10.1. The van der Waals surface area contributed by atoms with E-state index in [2.05, 4.69) is 208 Å². The van der Waals surface area contributed by atoms with Gasteiger partial charge in [-0.2, -0.15) is 0 Å². The minimum atomic E-state index is 0.683. The van der Waals surface area contributed by atoms with E-state index in [1.54, 1.807) is 0 Å². The fourth-order valence-electron chi connectivity index (χ4n) is 9.78. The van der Waals surface area contributed by atoms with Crippen LogP contribution in [0.2, 0.25) is 0 Å². The standard InChI is InChI=1S/C56H36N6/c1-4-18-37(19-5-1)55-57-56(38-20-6-2-7-21-38)62(58-55)40-32-33-43-41-24-10-14-28-47(41)61(52(43)36-40)50-31-17-16-30-49(50)60-48-29-15-12-26-45(48)53-51(60)35-34-44-42-25-11-13-27-46(42)59(54(44)53)39-22-8-3-9-23-39/h1-36H. The first kappa shape index (κ1) is 34.4. The molecule has 0 bridgehead atoms. The van der Waals surface area contributed by atoms with Gasteiger partial charge in [-0.25, -0.2) is 9.67 Å². The Morgan fingerprint density at radius 3 is 1.52 bits per heavy atom. The number of benzene rings is 9. The van der Waals surface area contributed by atoms with Gasteiger partial charge in [0.1, 0.15) is 0 Å². The first-order chi connectivity index (χ1) is 30.8. The summed E-state index contributed by atoms with van der Waals surface area (Å²) in [6.45, 7) is 0. The van der Waals surface area contributed by atoms with Crippen LogP contribution in [0.5, 0.6) is 0 Å². The quantitative estimate of drug-likeness (QED) is 0.168. The SMILES string of the molecule is c1ccc(-c2nc(-c3ccccc3)n(-c3ccc4c5ccccc5n(-c5ccccc5-n5c6ccccc6c6c5ccc5c7ccccc7n(-c7ccccc7)c56)c4c3)n2)cc1. The van der Waals surface area contributed by atoms with Crippen LogP contribution in [0.25, 0.3) is 111 Å². The lowest BCUT2D eigenvalue weighted by molar-refractivity contribution is 0.891. The van der Waals surface area contributed by atoms with E-state index in [9.17, 15) is 0 Å². The average molecular weight is 793 g/mol. The van der Waals surface area contributed by atoms with Crippen molar-refractivity contribution in [3.05, 3.63) is 218 Å². The second kappa shape index (κ2) is 13.5. The van der Waals surface area contributed by atoms with Crippen molar-refractivity contribution in [2.75, 3.05) is 0 Å². The molecule has 0 N–H and O–H groups in total. The van der Waals surface area contributed by atoms with Crippen LogP contribution in [0.3, 0.4) is 0 Å². The molecule has 9 aromatic carbocycles. The molecule has 4 heterocycles. The van der Waals surface area contributed by atoms with Crippen LogP contribution in [0, 0.1) is 0 Å². The summed E-state index contributed by atoms with van der Waals surface area (Å²) >= 11 is 0. The molecule has 6 heteroatoms. The van der Waals surface area contributed by atoms with Gasteiger partial charge in [-0.1, -0.05) is 158 Å². The molecule has 6 nitrogen and oxygen atoms in total. The fraction of sp³-hybridized carbons (Fsp3) is 0. The lowest BCUT2D eigenvalue weighted by Crippen LogP contribution is -2.04. The zero-order valence-electron chi connectivity index (χ0n) is 33.5. The molecular formula is C56H36N6. The van der Waals surface area contributed by atoms with Gasteiger partial charge in [-0.3, -0.25) is 0 Å². The molecule has 13 rings (SSSR count). The van der Waals surface area contributed by atoms with Crippen molar-refractivity contribution in [3.8, 4) is 45.5 Å². The second-order valence-corrected chi connectivity index (χ2v) is 15.8. The van der Waals surface area contributed by atoms with Crippen LogP contribution in [-0.4, -0.2) is 28.5 Å². The molecule has 0 fully saturated rings. The molecule has 0 amide bonds. The molecule has 0 aliphatic carbocycles. The zero-order valence-corrected chi connectivity index (χ0v) is 33.5. The summed E-state index contributed by atoms with van der Waals surface area (Å²) in [6, 6.07) is 77.8. The van der Waals surface area contributed by atoms with Crippen molar-refractivity contribution < 1.29 is 0 Å². The molecule has 0 radical (unpaired) electrons. The van der Waals surface area contributed by atoms with Gasteiger partial charge in [0, 0.05) is 49.1 Å². The van der Waals surface area contributed by atoms with Crippen LogP contribution in [0.4, 0.5) is 0 Å². The largest absolute Gasteiger partial charge is 0.309 e. The zero-order chi connectivity index (χ0) is 40.7. The van der Waals surface area contributed by atoms with Crippen LogP contribution < -0.4 is 0 Å². The Bertz CT molecular complexity index is 3850. The van der Waals surface area contributed by atoms with E-state index < -0.39 is 0 Å². The molecule has 290 valence electrons. The van der Waals surface area contributed by atoms with Crippen molar-refractivity contribution in [2.45, 2.75) is 0 Å². The van der Waals surface area contributed by atoms with Gasteiger partial charge in [0.25, 0.3) is 0 Å². The molecule has 0 aliphatic rings. The Morgan fingerprint density at radius 2 is 0.823 bits per heavy atom. The predicted molar refractivity (Wildman–Crippen MR) is 255 cm³/mol. The van der Waals surface area contributed by atoms with Crippen LogP contribution in [-0.2, 0) is 0 Å². The van der Waals surface area contributed by atoms with Gasteiger partial charge in [-0.05, 0) is 60.7 Å². The fourth-order valence-corrected chi connectivity index (χ4v) is 9.78. The van der Waals surface area contributed by atoms with Gasteiger partial charge >= 0.3 is 0 Å². The van der Waals surface area contributed by atoms with E-state index >= 15 is 0 Å². The first-order valence-corrected chi connectivity index (χ1v) is 21.0. The number of fused-ring (bicyclic) bond motifs is 10. The van der Waals surface area contributed by atoms with Gasteiger partial charge in [0.2, 0.25) is 0 Å². The summed E-state index contributed by atoms with van der Waals surface area (Å²) in [7, 11) is 0.